The summed E-state index contributed by atoms with van der Waals surface area (Å²) in [6.07, 6.45) is 5.02. The van der Waals surface area contributed by atoms with Crippen LogP contribution in [0.2, 0.25) is 0 Å². The molecule has 3 aromatic rings. The highest BCUT2D eigenvalue weighted by molar-refractivity contribution is 7.92. The maximum Gasteiger partial charge on any atom is 0.290 e. The zero-order valence-electron chi connectivity index (χ0n) is 21.0. The number of fused-ring (bicyclic) bond motifs is 1. The SMILES string of the molecule is Cc1cc(-c2cc(S(=O)(=O)C(C)C)ccc2OC2CCC(C)CC2C(C)C)c2cc[nH]c2[n+]1[O-]. The van der Waals surface area contributed by atoms with Gasteiger partial charge >= 0.3 is 0 Å². The molecule has 1 aliphatic rings. The highest BCUT2D eigenvalue weighted by Crippen LogP contribution is 2.41. The molecule has 34 heavy (non-hydrogen) atoms. The number of benzene rings is 1. The molecule has 6 nitrogen and oxygen atoms in total. The van der Waals surface area contributed by atoms with Crippen LogP contribution < -0.4 is 9.47 Å². The molecule has 0 saturated heterocycles. The second kappa shape index (κ2) is 9.25. The van der Waals surface area contributed by atoms with Gasteiger partial charge in [0, 0.05) is 11.1 Å². The van der Waals surface area contributed by atoms with E-state index in [2.05, 4.69) is 25.8 Å². The van der Waals surface area contributed by atoms with Crippen molar-refractivity contribution in [2.45, 2.75) is 77.1 Å². The number of hydrogen-bond donors (Lipinski definition) is 1. The van der Waals surface area contributed by atoms with Gasteiger partial charge in [0.25, 0.3) is 5.65 Å². The van der Waals surface area contributed by atoms with E-state index in [1.165, 1.54) is 0 Å². The van der Waals surface area contributed by atoms with Gasteiger partial charge in [-0.2, -0.15) is 0 Å². The van der Waals surface area contributed by atoms with Crippen LogP contribution in [-0.2, 0) is 9.84 Å². The Morgan fingerprint density at radius 3 is 2.50 bits per heavy atom. The molecule has 1 N–H and O–H groups in total. The summed E-state index contributed by atoms with van der Waals surface area (Å²) in [5, 5.41) is 12.8. The third-order valence-electron chi connectivity index (χ3n) is 7.31. The molecule has 1 aliphatic carbocycles. The van der Waals surface area contributed by atoms with E-state index in [0.717, 1.165) is 34.9 Å². The van der Waals surface area contributed by atoms with Gasteiger partial charge in [0.1, 0.15) is 17.5 Å². The van der Waals surface area contributed by atoms with E-state index in [-0.39, 0.29) is 11.0 Å². The van der Waals surface area contributed by atoms with Crippen LogP contribution in [0.3, 0.4) is 0 Å². The molecule has 2 heterocycles. The molecule has 0 aliphatic heterocycles. The lowest BCUT2D eigenvalue weighted by molar-refractivity contribution is -0.586. The van der Waals surface area contributed by atoms with Gasteiger partial charge in [0.15, 0.2) is 9.84 Å². The van der Waals surface area contributed by atoms with Crippen molar-refractivity contribution < 1.29 is 17.9 Å². The summed E-state index contributed by atoms with van der Waals surface area (Å²) in [4.78, 5) is 3.29. The van der Waals surface area contributed by atoms with E-state index in [4.69, 9.17) is 4.74 Å². The van der Waals surface area contributed by atoms with Crippen LogP contribution in [0.4, 0.5) is 0 Å². The third-order valence-corrected chi connectivity index (χ3v) is 9.47. The van der Waals surface area contributed by atoms with Crippen LogP contribution in [0.5, 0.6) is 5.75 Å². The van der Waals surface area contributed by atoms with Crippen LogP contribution in [0, 0.1) is 29.9 Å². The van der Waals surface area contributed by atoms with Crippen molar-refractivity contribution in [3.05, 3.63) is 47.4 Å². The van der Waals surface area contributed by atoms with E-state index in [0.29, 0.717) is 40.4 Å². The van der Waals surface area contributed by atoms with Crippen LogP contribution in [0.25, 0.3) is 22.2 Å². The number of nitrogens with zero attached hydrogens (tertiary/aromatic N) is 1. The molecule has 0 amide bonds. The van der Waals surface area contributed by atoms with Gasteiger partial charge < -0.3 is 9.94 Å². The van der Waals surface area contributed by atoms with Crippen LogP contribution in [-0.4, -0.2) is 24.8 Å². The molecule has 0 bridgehead atoms. The minimum Gasteiger partial charge on any atom is -0.710 e. The van der Waals surface area contributed by atoms with Crippen molar-refractivity contribution in [3.63, 3.8) is 0 Å². The normalized spacial score (nSPS) is 21.5. The molecule has 0 spiro atoms. The van der Waals surface area contributed by atoms with Crippen molar-refractivity contribution in [3.8, 4) is 16.9 Å². The average molecular weight is 485 g/mol. The van der Waals surface area contributed by atoms with Gasteiger partial charge in [-0.15, -0.1) is 0 Å². The maximum atomic E-state index is 13.0. The molecule has 184 valence electrons. The molecule has 3 atom stereocenters. The molecule has 4 rings (SSSR count). The summed E-state index contributed by atoms with van der Waals surface area (Å²) in [5.41, 5.74) is 2.47. The van der Waals surface area contributed by atoms with Crippen LogP contribution >= 0.6 is 0 Å². The summed E-state index contributed by atoms with van der Waals surface area (Å²) in [6.45, 7) is 11.9. The Kier molecular flexibility index (Phi) is 6.69. The summed E-state index contributed by atoms with van der Waals surface area (Å²) >= 11 is 0. The number of sulfone groups is 1. The number of aromatic amines is 1. The van der Waals surface area contributed by atoms with Crippen LogP contribution in [0.1, 0.15) is 59.6 Å². The van der Waals surface area contributed by atoms with Crippen LogP contribution in [0.15, 0.2) is 41.4 Å². The first-order valence-electron chi connectivity index (χ1n) is 12.3. The first kappa shape index (κ1) is 24.6. The van der Waals surface area contributed by atoms with Crippen molar-refractivity contribution in [1.82, 2.24) is 4.98 Å². The number of ether oxygens (including phenoxy) is 1. The van der Waals surface area contributed by atoms with Gasteiger partial charge in [0.2, 0.25) is 0 Å². The summed E-state index contributed by atoms with van der Waals surface area (Å²) in [6, 6.07) is 8.84. The average Bonchev–Trinajstić information content (AvgIpc) is 3.27. The predicted molar refractivity (Wildman–Crippen MR) is 136 cm³/mol. The maximum absolute atomic E-state index is 13.0. The second-order valence-electron chi connectivity index (χ2n) is 10.5. The van der Waals surface area contributed by atoms with Gasteiger partial charge in [0.05, 0.1) is 21.7 Å². The number of nitrogens with one attached hydrogen (secondary N) is 1. The number of pyridine rings is 1. The van der Waals surface area contributed by atoms with E-state index in [1.807, 2.05) is 12.1 Å². The van der Waals surface area contributed by atoms with Crippen molar-refractivity contribution in [1.29, 1.82) is 0 Å². The second-order valence-corrected chi connectivity index (χ2v) is 13.0. The zero-order chi connectivity index (χ0) is 24.8. The summed E-state index contributed by atoms with van der Waals surface area (Å²) < 4.78 is 33.6. The largest absolute Gasteiger partial charge is 0.710 e. The van der Waals surface area contributed by atoms with Crippen molar-refractivity contribution in [2.24, 2.45) is 17.8 Å². The Bertz CT molecular complexity index is 1290. The van der Waals surface area contributed by atoms with Gasteiger partial charge in [-0.1, -0.05) is 20.8 Å². The van der Waals surface area contributed by atoms with Gasteiger partial charge in [-0.05, 0) is 88.1 Å². The fourth-order valence-corrected chi connectivity index (χ4v) is 6.25. The molecular formula is C27H36N2O4S. The number of hydrogen-bond acceptors (Lipinski definition) is 4. The lowest BCUT2D eigenvalue weighted by Gasteiger charge is -2.37. The number of rotatable bonds is 6. The van der Waals surface area contributed by atoms with Gasteiger partial charge in [-0.25, -0.2) is 18.1 Å². The summed E-state index contributed by atoms with van der Waals surface area (Å²) in [5.74, 6) is 2.27. The first-order chi connectivity index (χ1) is 16.0. The van der Waals surface area contributed by atoms with Crippen molar-refractivity contribution in [2.75, 3.05) is 0 Å². The number of H-pyrrole nitrogens is 1. The molecule has 7 heteroatoms. The molecule has 1 aromatic carbocycles. The lowest BCUT2D eigenvalue weighted by Crippen LogP contribution is -2.36. The number of aromatic nitrogens is 2. The fourth-order valence-electron chi connectivity index (χ4n) is 5.17. The molecule has 2 aromatic heterocycles. The lowest BCUT2D eigenvalue weighted by atomic mass is 9.75. The van der Waals surface area contributed by atoms with E-state index in [1.54, 1.807) is 45.2 Å². The molecule has 1 fully saturated rings. The molecule has 3 unspecified atom stereocenters. The zero-order valence-corrected chi connectivity index (χ0v) is 21.8. The monoisotopic (exact) mass is 484 g/mol. The molecule has 1 saturated carbocycles. The number of aryl methyl sites for hydroxylation is 1. The topological polar surface area (TPSA) is 86.1 Å². The third kappa shape index (κ3) is 4.42. The Morgan fingerprint density at radius 2 is 1.82 bits per heavy atom. The highest BCUT2D eigenvalue weighted by Gasteiger charge is 2.33. The van der Waals surface area contributed by atoms with Crippen molar-refractivity contribution >= 4 is 20.9 Å². The van der Waals surface area contributed by atoms with Gasteiger partial charge in [-0.3, -0.25) is 0 Å². The summed E-state index contributed by atoms with van der Waals surface area (Å²) in [7, 11) is -3.48. The fraction of sp³-hybridized carbons (Fsp3) is 0.519. The first-order valence-corrected chi connectivity index (χ1v) is 13.8. The van der Waals surface area contributed by atoms with E-state index >= 15 is 0 Å². The Hall–Kier alpha value is -2.54. The molecular weight excluding hydrogens is 448 g/mol. The van der Waals surface area contributed by atoms with E-state index in [9.17, 15) is 13.6 Å². The minimum absolute atomic E-state index is 0.0680. The highest BCUT2D eigenvalue weighted by atomic mass is 32.2. The Labute approximate surface area is 202 Å². The molecule has 0 radical (unpaired) electrons. The Balaban J connectivity index is 1.89. The quantitative estimate of drug-likeness (QED) is 0.354. The smallest absolute Gasteiger partial charge is 0.290 e. The van der Waals surface area contributed by atoms with E-state index < -0.39 is 15.1 Å². The minimum atomic E-state index is -3.48. The predicted octanol–water partition coefficient (Wildman–Crippen LogP) is 5.80. The standard InChI is InChI=1S/C27H36N2O4S/c1-16(2)22-13-18(5)7-9-25(22)33-26-10-8-20(34(31,32)17(3)4)15-24(26)23-14-19(6)29(30)27-21(23)11-12-28-27/h8,10-12,14-18,22,25,28H,7,9,13H2,1-6H3. The Morgan fingerprint density at radius 1 is 1.09 bits per heavy atom.